The fraction of sp³-hybridized carbons (Fsp3) is 0.375. The monoisotopic (exact) mass is 284 g/mol. The largest absolute Gasteiger partial charge is 0.383 e. The van der Waals surface area contributed by atoms with Gasteiger partial charge in [0.25, 0.3) is 0 Å². The summed E-state index contributed by atoms with van der Waals surface area (Å²) in [5.41, 5.74) is 7.23. The first-order valence-electron chi connectivity index (χ1n) is 7.28. The highest BCUT2D eigenvalue weighted by atomic mass is 16.1. The van der Waals surface area contributed by atoms with Crippen molar-refractivity contribution >= 4 is 5.82 Å². The molecule has 2 aromatic rings. The zero-order chi connectivity index (χ0) is 14.8. The van der Waals surface area contributed by atoms with Crippen LogP contribution in [-0.2, 0) is 6.54 Å². The van der Waals surface area contributed by atoms with E-state index >= 15 is 0 Å². The number of anilines is 1. The minimum atomic E-state index is -0.351. The molecule has 1 aromatic heterocycles. The van der Waals surface area contributed by atoms with Gasteiger partial charge >= 0.3 is 5.69 Å². The minimum Gasteiger partial charge on any atom is -0.383 e. The van der Waals surface area contributed by atoms with Crippen molar-refractivity contribution in [2.75, 3.05) is 18.8 Å². The van der Waals surface area contributed by atoms with E-state index in [0.29, 0.717) is 0 Å². The summed E-state index contributed by atoms with van der Waals surface area (Å²) in [6.07, 6.45) is 2.94. The van der Waals surface area contributed by atoms with E-state index in [2.05, 4.69) is 28.9 Å². The van der Waals surface area contributed by atoms with Crippen LogP contribution in [0.15, 0.2) is 41.3 Å². The molecule has 3 rings (SSSR count). The maximum absolute atomic E-state index is 11.8. The Bertz CT molecular complexity index is 677. The fourth-order valence-corrected chi connectivity index (χ4v) is 2.80. The second-order valence-corrected chi connectivity index (χ2v) is 5.80. The zero-order valence-corrected chi connectivity index (χ0v) is 12.2. The number of hydrogen-bond acceptors (Lipinski definition) is 4. The Morgan fingerprint density at radius 1 is 1.29 bits per heavy atom. The predicted octanol–water partition coefficient (Wildman–Crippen LogP) is 1.66. The number of nitrogens with two attached hydrogens (primary N) is 1. The molecular formula is C16H20N4O. The third-order valence-corrected chi connectivity index (χ3v) is 3.95. The van der Waals surface area contributed by atoms with Gasteiger partial charge in [-0.15, -0.1) is 0 Å². The molecule has 0 amide bonds. The second kappa shape index (κ2) is 5.69. The van der Waals surface area contributed by atoms with E-state index in [1.165, 1.54) is 29.6 Å². The van der Waals surface area contributed by atoms with Crippen LogP contribution in [0.25, 0.3) is 5.69 Å². The smallest absolute Gasteiger partial charge is 0.354 e. The average Bonchev–Trinajstić information content (AvgIpc) is 2.85. The third kappa shape index (κ3) is 3.13. The summed E-state index contributed by atoms with van der Waals surface area (Å²) < 4.78 is 1.50. The standard InChI is InChI=1S/C16H20N4O/c1-12-6-8-19(10-12)11-13-2-4-14(5-3-13)20-9-7-15(17)18-16(20)21/h2-5,7,9,12H,6,8,10-11H2,1H3,(H2,17,18,21). The molecule has 2 N–H and O–H groups in total. The number of nitrogens with zero attached hydrogens (tertiary/aromatic N) is 3. The van der Waals surface area contributed by atoms with E-state index in [9.17, 15) is 4.79 Å². The molecule has 5 heteroatoms. The normalized spacial score (nSPS) is 19.0. The molecule has 1 atom stereocenters. The van der Waals surface area contributed by atoms with E-state index in [0.717, 1.165) is 18.2 Å². The van der Waals surface area contributed by atoms with Crippen LogP contribution in [0.5, 0.6) is 0 Å². The van der Waals surface area contributed by atoms with Crippen LogP contribution in [0, 0.1) is 5.92 Å². The van der Waals surface area contributed by atoms with Crippen molar-refractivity contribution in [1.29, 1.82) is 0 Å². The Labute approximate surface area is 124 Å². The Kier molecular flexibility index (Phi) is 3.75. The molecule has 0 aliphatic carbocycles. The maximum Gasteiger partial charge on any atom is 0.354 e. The van der Waals surface area contributed by atoms with Crippen LogP contribution in [0.1, 0.15) is 18.9 Å². The van der Waals surface area contributed by atoms with Crippen LogP contribution in [0.4, 0.5) is 5.82 Å². The van der Waals surface area contributed by atoms with Gasteiger partial charge < -0.3 is 5.73 Å². The Morgan fingerprint density at radius 2 is 2.05 bits per heavy atom. The van der Waals surface area contributed by atoms with Gasteiger partial charge in [-0.25, -0.2) is 4.79 Å². The van der Waals surface area contributed by atoms with Crippen LogP contribution in [0.2, 0.25) is 0 Å². The van der Waals surface area contributed by atoms with E-state index in [4.69, 9.17) is 5.73 Å². The Balaban J connectivity index is 1.76. The molecular weight excluding hydrogens is 264 g/mol. The van der Waals surface area contributed by atoms with Crippen LogP contribution < -0.4 is 11.4 Å². The van der Waals surface area contributed by atoms with Gasteiger partial charge in [0.1, 0.15) is 5.82 Å². The first-order valence-corrected chi connectivity index (χ1v) is 7.28. The van der Waals surface area contributed by atoms with Crippen molar-refractivity contribution < 1.29 is 0 Å². The number of nitrogen functional groups attached to an aromatic ring is 1. The van der Waals surface area contributed by atoms with E-state index in [-0.39, 0.29) is 11.5 Å². The van der Waals surface area contributed by atoms with Gasteiger partial charge in [-0.2, -0.15) is 4.98 Å². The van der Waals surface area contributed by atoms with Crippen LogP contribution >= 0.6 is 0 Å². The summed E-state index contributed by atoms with van der Waals surface area (Å²) in [6.45, 7) is 5.61. The van der Waals surface area contributed by atoms with E-state index in [1.54, 1.807) is 12.3 Å². The molecule has 1 aliphatic heterocycles. The Morgan fingerprint density at radius 3 is 2.67 bits per heavy atom. The highest BCUT2D eigenvalue weighted by Crippen LogP contribution is 2.18. The molecule has 0 bridgehead atoms. The zero-order valence-electron chi connectivity index (χ0n) is 12.2. The van der Waals surface area contributed by atoms with Gasteiger partial charge in [-0.05, 0) is 42.6 Å². The van der Waals surface area contributed by atoms with E-state index in [1.807, 2.05) is 12.1 Å². The van der Waals surface area contributed by atoms with E-state index < -0.39 is 0 Å². The predicted molar refractivity (Wildman–Crippen MR) is 83.3 cm³/mol. The van der Waals surface area contributed by atoms with Crippen molar-refractivity contribution in [3.8, 4) is 5.69 Å². The van der Waals surface area contributed by atoms with Gasteiger partial charge in [-0.1, -0.05) is 19.1 Å². The lowest BCUT2D eigenvalue weighted by Crippen LogP contribution is -2.22. The maximum atomic E-state index is 11.8. The lowest BCUT2D eigenvalue weighted by molar-refractivity contribution is 0.320. The molecule has 0 radical (unpaired) electrons. The van der Waals surface area contributed by atoms with Gasteiger partial charge in [0.05, 0.1) is 5.69 Å². The molecule has 2 heterocycles. The quantitative estimate of drug-likeness (QED) is 0.931. The minimum absolute atomic E-state index is 0.246. The third-order valence-electron chi connectivity index (χ3n) is 3.95. The van der Waals surface area contributed by atoms with Crippen molar-refractivity contribution in [1.82, 2.24) is 14.5 Å². The lowest BCUT2D eigenvalue weighted by atomic mass is 10.2. The highest BCUT2D eigenvalue weighted by Gasteiger charge is 2.18. The first kappa shape index (κ1) is 13.8. The average molecular weight is 284 g/mol. The molecule has 1 saturated heterocycles. The van der Waals surface area contributed by atoms with Crippen molar-refractivity contribution in [3.63, 3.8) is 0 Å². The van der Waals surface area contributed by atoms with Crippen molar-refractivity contribution in [2.24, 2.45) is 5.92 Å². The topological polar surface area (TPSA) is 64.2 Å². The summed E-state index contributed by atoms with van der Waals surface area (Å²) >= 11 is 0. The van der Waals surface area contributed by atoms with Gasteiger partial charge in [0, 0.05) is 19.3 Å². The Hall–Kier alpha value is -2.14. The summed E-state index contributed by atoms with van der Waals surface area (Å²) in [5.74, 6) is 1.04. The number of benzene rings is 1. The summed E-state index contributed by atoms with van der Waals surface area (Å²) in [4.78, 5) is 18.0. The number of rotatable bonds is 3. The summed E-state index contributed by atoms with van der Waals surface area (Å²) in [5, 5.41) is 0. The number of hydrogen-bond donors (Lipinski definition) is 1. The number of likely N-dealkylation sites (tertiary alicyclic amines) is 1. The first-order chi connectivity index (χ1) is 10.1. The van der Waals surface area contributed by atoms with Crippen molar-refractivity contribution in [2.45, 2.75) is 19.9 Å². The molecule has 5 nitrogen and oxygen atoms in total. The van der Waals surface area contributed by atoms with Gasteiger partial charge in [0.15, 0.2) is 0 Å². The molecule has 1 aliphatic rings. The van der Waals surface area contributed by atoms with Crippen LogP contribution in [-0.4, -0.2) is 27.5 Å². The highest BCUT2D eigenvalue weighted by molar-refractivity contribution is 5.36. The molecule has 1 fully saturated rings. The molecule has 21 heavy (non-hydrogen) atoms. The van der Waals surface area contributed by atoms with Crippen LogP contribution in [0.3, 0.4) is 0 Å². The van der Waals surface area contributed by atoms with Crippen molar-refractivity contribution in [3.05, 3.63) is 52.6 Å². The van der Waals surface area contributed by atoms with Gasteiger partial charge in [-0.3, -0.25) is 9.47 Å². The summed E-state index contributed by atoms with van der Waals surface area (Å²) in [6, 6.07) is 9.67. The fourth-order valence-electron chi connectivity index (χ4n) is 2.80. The molecule has 1 unspecified atom stereocenters. The lowest BCUT2D eigenvalue weighted by Gasteiger charge is -2.15. The second-order valence-electron chi connectivity index (χ2n) is 5.80. The van der Waals surface area contributed by atoms with Gasteiger partial charge in [0.2, 0.25) is 0 Å². The molecule has 1 aromatic carbocycles. The molecule has 110 valence electrons. The SMILES string of the molecule is CC1CCN(Cc2ccc(-n3ccc(N)nc3=O)cc2)C1. The number of aromatic nitrogens is 2. The molecule has 0 spiro atoms. The molecule has 0 saturated carbocycles. The summed E-state index contributed by atoms with van der Waals surface area (Å²) in [7, 11) is 0.